The molecule has 10 heteroatoms. The van der Waals surface area contributed by atoms with E-state index in [-0.39, 0.29) is 16.9 Å². The number of esters is 1. The maximum atomic E-state index is 13.4. The Morgan fingerprint density at radius 3 is 2.37 bits per heavy atom. The Hall–Kier alpha value is -3.01. The molecule has 7 nitrogen and oxygen atoms in total. The van der Waals surface area contributed by atoms with Crippen molar-refractivity contribution >= 4 is 33.3 Å². The third-order valence-electron chi connectivity index (χ3n) is 3.49. The number of halogens is 2. The molecule has 0 fully saturated rings. The number of amides is 1. The van der Waals surface area contributed by atoms with Crippen LogP contribution in [0.2, 0.25) is 0 Å². The van der Waals surface area contributed by atoms with Crippen LogP contribution in [-0.4, -0.2) is 40.2 Å². The molecule has 1 N–H and O–H groups in total. The predicted molar refractivity (Wildman–Crippen MR) is 95.0 cm³/mol. The molecule has 0 aliphatic heterocycles. The molecule has 0 aromatic heterocycles. The predicted octanol–water partition coefficient (Wildman–Crippen LogP) is 2.16. The first kappa shape index (κ1) is 20.3. The maximum absolute atomic E-state index is 13.4. The summed E-state index contributed by atoms with van der Waals surface area (Å²) in [5.41, 5.74) is -0.0204. The summed E-state index contributed by atoms with van der Waals surface area (Å²) in [5.74, 6) is -3.88. The van der Waals surface area contributed by atoms with Crippen LogP contribution in [0.3, 0.4) is 0 Å². The Labute approximate surface area is 154 Å². The van der Waals surface area contributed by atoms with Gasteiger partial charge in [-0.15, -0.1) is 0 Å². The SMILES string of the molecule is COC(=O)c1ccccc1NC(=O)CN(c1ccc(F)c(F)c1)S(C)(=O)=O. The minimum absolute atomic E-state index is 0.0760. The normalized spacial score (nSPS) is 11.0. The number of hydrogen-bond donors (Lipinski definition) is 1. The van der Waals surface area contributed by atoms with Gasteiger partial charge < -0.3 is 10.1 Å². The Kier molecular flexibility index (Phi) is 6.11. The fraction of sp³-hybridized carbons (Fsp3) is 0.176. The van der Waals surface area contributed by atoms with Gasteiger partial charge in [0.1, 0.15) is 6.54 Å². The average molecular weight is 398 g/mol. The molecule has 144 valence electrons. The molecule has 0 heterocycles. The van der Waals surface area contributed by atoms with E-state index in [4.69, 9.17) is 0 Å². The van der Waals surface area contributed by atoms with Crippen molar-refractivity contribution in [3.05, 3.63) is 59.7 Å². The summed E-state index contributed by atoms with van der Waals surface area (Å²) in [5, 5.41) is 2.41. The largest absolute Gasteiger partial charge is 0.465 e. The van der Waals surface area contributed by atoms with Crippen molar-refractivity contribution in [1.29, 1.82) is 0 Å². The van der Waals surface area contributed by atoms with Crippen molar-refractivity contribution in [3.63, 3.8) is 0 Å². The number of carbonyl (C=O) groups is 2. The van der Waals surface area contributed by atoms with Gasteiger partial charge in [-0.05, 0) is 24.3 Å². The van der Waals surface area contributed by atoms with Gasteiger partial charge in [-0.3, -0.25) is 9.10 Å². The van der Waals surface area contributed by atoms with E-state index in [1.54, 1.807) is 12.1 Å². The van der Waals surface area contributed by atoms with Crippen LogP contribution in [0.15, 0.2) is 42.5 Å². The summed E-state index contributed by atoms with van der Waals surface area (Å²) in [4.78, 5) is 24.1. The van der Waals surface area contributed by atoms with Crippen molar-refractivity contribution in [2.75, 3.05) is 29.5 Å². The molecule has 27 heavy (non-hydrogen) atoms. The topological polar surface area (TPSA) is 92.8 Å². The number of anilines is 2. The highest BCUT2D eigenvalue weighted by molar-refractivity contribution is 7.92. The van der Waals surface area contributed by atoms with Gasteiger partial charge in [0.25, 0.3) is 0 Å². The summed E-state index contributed by atoms with van der Waals surface area (Å²) in [6.07, 6.45) is 0.823. The average Bonchev–Trinajstić information content (AvgIpc) is 2.61. The Morgan fingerprint density at radius 1 is 1.11 bits per heavy atom. The van der Waals surface area contributed by atoms with E-state index in [2.05, 4.69) is 10.1 Å². The standard InChI is InChI=1S/C17H16F2N2O5S/c1-26-17(23)12-5-3-4-6-15(12)20-16(22)10-21(27(2,24)25)11-7-8-13(18)14(19)9-11/h3-9H,10H2,1-2H3,(H,20,22). The monoisotopic (exact) mass is 398 g/mol. The molecule has 0 unspecified atom stereocenters. The van der Waals surface area contributed by atoms with E-state index in [1.807, 2.05) is 0 Å². The first-order valence-corrected chi connectivity index (χ1v) is 9.38. The molecule has 0 saturated carbocycles. The van der Waals surface area contributed by atoms with E-state index in [1.165, 1.54) is 19.2 Å². The maximum Gasteiger partial charge on any atom is 0.339 e. The van der Waals surface area contributed by atoms with Crippen LogP contribution >= 0.6 is 0 Å². The molecular formula is C17H16F2N2O5S. The van der Waals surface area contributed by atoms with Crippen molar-refractivity contribution in [2.45, 2.75) is 0 Å². The summed E-state index contributed by atoms with van der Waals surface area (Å²) in [6.45, 7) is -0.709. The summed E-state index contributed by atoms with van der Waals surface area (Å²) >= 11 is 0. The van der Waals surface area contributed by atoms with Crippen molar-refractivity contribution in [2.24, 2.45) is 0 Å². The molecule has 1 amide bonds. The molecule has 0 atom stereocenters. The van der Waals surface area contributed by atoms with Gasteiger partial charge in [0, 0.05) is 6.07 Å². The van der Waals surface area contributed by atoms with E-state index in [0.717, 1.165) is 18.4 Å². The first-order chi connectivity index (χ1) is 12.6. The van der Waals surface area contributed by atoms with Crippen LogP contribution in [0, 0.1) is 11.6 Å². The second kappa shape index (κ2) is 8.12. The van der Waals surface area contributed by atoms with Gasteiger partial charge in [-0.2, -0.15) is 0 Å². The van der Waals surface area contributed by atoms with E-state index in [0.29, 0.717) is 10.4 Å². The van der Waals surface area contributed by atoms with Gasteiger partial charge in [-0.25, -0.2) is 22.0 Å². The van der Waals surface area contributed by atoms with Gasteiger partial charge in [0.15, 0.2) is 11.6 Å². The number of rotatable bonds is 6. The third kappa shape index (κ3) is 5.00. The van der Waals surface area contributed by atoms with Gasteiger partial charge in [0.2, 0.25) is 15.9 Å². The van der Waals surface area contributed by atoms with E-state index in [9.17, 15) is 26.8 Å². The summed E-state index contributed by atoms with van der Waals surface area (Å²) in [6, 6.07) is 8.45. The van der Waals surface area contributed by atoms with Crippen LogP contribution in [0.4, 0.5) is 20.2 Å². The number of carbonyl (C=O) groups excluding carboxylic acids is 2. The van der Waals surface area contributed by atoms with Gasteiger partial charge in [-0.1, -0.05) is 12.1 Å². The zero-order chi connectivity index (χ0) is 20.2. The molecule has 0 aliphatic carbocycles. The number of benzene rings is 2. The van der Waals surface area contributed by atoms with Crippen LogP contribution in [0.5, 0.6) is 0 Å². The quantitative estimate of drug-likeness (QED) is 0.753. The zero-order valence-electron chi connectivity index (χ0n) is 14.4. The van der Waals surface area contributed by atoms with Crippen molar-refractivity contribution in [3.8, 4) is 0 Å². The number of sulfonamides is 1. The molecule has 2 aromatic rings. The highest BCUT2D eigenvalue weighted by atomic mass is 32.2. The smallest absolute Gasteiger partial charge is 0.339 e. The Balaban J connectivity index is 2.28. The second-order valence-corrected chi connectivity index (χ2v) is 7.36. The molecule has 0 bridgehead atoms. The molecule has 0 saturated heterocycles. The fourth-order valence-corrected chi connectivity index (χ4v) is 3.09. The number of hydrogen-bond acceptors (Lipinski definition) is 5. The number of para-hydroxylation sites is 1. The van der Waals surface area contributed by atoms with Crippen LogP contribution in [0.1, 0.15) is 10.4 Å². The van der Waals surface area contributed by atoms with Crippen LogP contribution in [0.25, 0.3) is 0 Å². The van der Waals surface area contributed by atoms with Crippen molar-refractivity contribution < 1.29 is 31.5 Å². The fourth-order valence-electron chi connectivity index (χ4n) is 2.24. The Morgan fingerprint density at radius 2 is 1.78 bits per heavy atom. The van der Waals surface area contributed by atoms with Crippen molar-refractivity contribution in [1.82, 2.24) is 0 Å². The highest BCUT2D eigenvalue weighted by Gasteiger charge is 2.23. The van der Waals surface area contributed by atoms with Crippen LogP contribution in [-0.2, 0) is 19.6 Å². The first-order valence-electron chi connectivity index (χ1n) is 7.53. The highest BCUT2D eigenvalue weighted by Crippen LogP contribution is 2.21. The van der Waals surface area contributed by atoms with E-state index >= 15 is 0 Å². The number of methoxy groups -OCH3 is 1. The molecule has 2 aromatic carbocycles. The summed E-state index contributed by atoms with van der Waals surface area (Å²) < 4.78 is 55.8. The molecule has 0 aliphatic rings. The molecule has 2 rings (SSSR count). The third-order valence-corrected chi connectivity index (χ3v) is 4.63. The zero-order valence-corrected chi connectivity index (χ0v) is 15.2. The minimum atomic E-state index is -3.97. The Bertz CT molecular complexity index is 979. The number of ether oxygens (including phenoxy) is 1. The second-order valence-electron chi connectivity index (χ2n) is 5.45. The molecule has 0 radical (unpaired) electrons. The van der Waals surface area contributed by atoms with E-state index < -0.39 is 40.1 Å². The lowest BCUT2D eigenvalue weighted by atomic mass is 10.2. The number of nitrogens with zero attached hydrogens (tertiary/aromatic N) is 1. The number of nitrogens with one attached hydrogen (secondary N) is 1. The minimum Gasteiger partial charge on any atom is -0.465 e. The lowest BCUT2D eigenvalue weighted by molar-refractivity contribution is -0.114. The van der Waals surface area contributed by atoms with Gasteiger partial charge >= 0.3 is 5.97 Å². The lowest BCUT2D eigenvalue weighted by Crippen LogP contribution is -2.37. The summed E-state index contributed by atoms with van der Waals surface area (Å²) in [7, 11) is -2.80. The molecular weight excluding hydrogens is 382 g/mol. The van der Waals surface area contributed by atoms with Crippen LogP contribution < -0.4 is 9.62 Å². The molecule has 0 spiro atoms. The lowest BCUT2D eigenvalue weighted by Gasteiger charge is -2.22. The van der Waals surface area contributed by atoms with Gasteiger partial charge in [0.05, 0.1) is 30.3 Å².